The number of carbonyl (C=O) groups is 1. The van der Waals surface area contributed by atoms with Gasteiger partial charge in [0.25, 0.3) is 5.91 Å². The molecule has 1 unspecified atom stereocenters. The molecule has 1 aliphatic heterocycles. The maximum Gasteiger partial charge on any atom is 0.277 e. The van der Waals surface area contributed by atoms with E-state index in [2.05, 4.69) is 20.4 Å². The molecule has 1 fully saturated rings. The minimum Gasteiger partial charge on any atom is -0.497 e. The first-order chi connectivity index (χ1) is 16.5. The van der Waals surface area contributed by atoms with E-state index in [1.54, 1.807) is 24.4 Å². The van der Waals surface area contributed by atoms with Crippen molar-refractivity contribution in [2.24, 2.45) is 4.99 Å². The molecule has 1 aromatic heterocycles. The Bertz CT molecular complexity index is 1170. The minimum atomic E-state index is -0.605. The van der Waals surface area contributed by atoms with E-state index in [0.717, 1.165) is 29.7 Å². The lowest BCUT2D eigenvalue weighted by molar-refractivity contribution is 0.0663. The maximum absolute atomic E-state index is 12.6. The van der Waals surface area contributed by atoms with E-state index in [9.17, 15) is 10.0 Å². The average molecular weight is 484 g/mol. The van der Waals surface area contributed by atoms with Crippen molar-refractivity contribution in [3.05, 3.63) is 59.2 Å². The van der Waals surface area contributed by atoms with Crippen LogP contribution in [0.1, 0.15) is 10.4 Å². The predicted molar refractivity (Wildman–Crippen MR) is 132 cm³/mol. The van der Waals surface area contributed by atoms with Gasteiger partial charge in [0.15, 0.2) is 0 Å². The van der Waals surface area contributed by atoms with Crippen molar-refractivity contribution in [2.45, 2.75) is 6.17 Å². The van der Waals surface area contributed by atoms with Gasteiger partial charge in [0.1, 0.15) is 17.7 Å². The zero-order chi connectivity index (χ0) is 24.1. The second kappa shape index (κ2) is 10.8. The highest BCUT2D eigenvalue weighted by molar-refractivity contribution is 6.31. The van der Waals surface area contributed by atoms with Crippen LogP contribution in [0.4, 0.5) is 5.69 Å². The lowest BCUT2D eigenvalue weighted by Gasteiger charge is -2.38. The lowest BCUT2D eigenvalue weighted by atomic mass is 10.1. The summed E-state index contributed by atoms with van der Waals surface area (Å²) in [7, 11) is 3.03. The van der Waals surface area contributed by atoms with Crippen LogP contribution in [0.2, 0.25) is 5.02 Å². The number of hydrogen-bond donors (Lipinski definition) is 2. The van der Waals surface area contributed by atoms with Gasteiger partial charge in [-0.2, -0.15) is 5.48 Å². The van der Waals surface area contributed by atoms with Gasteiger partial charge >= 0.3 is 0 Å². The summed E-state index contributed by atoms with van der Waals surface area (Å²) in [6.45, 7) is 2.77. The van der Waals surface area contributed by atoms with Crippen LogP contribution in [-0.2, 0) is 0 Å². The zero-order valence-electron chi connectivity index (χ0n) is 18.9. The first kappa shape index (κ1) is 23.9. The summed E-state index contributed by atoms with van der Waals surface area (Å²) in [5.74, 6) is 0.534. The van der Waals surface area contributed by atoms with Gasteiger partial charge < -0.3 is 19.6 Å². The number of fused-ring (bicyclic) bond motifs is 1. The molecule has 2 N–H and O–H groups in total. The number of hydroxylamine groups is 1. The number of methoxy groups -OCH3 is 2. The van der Waals surface area contributed by atoms with Gasteiger partial charge in [-0.05, 0) is 36.4 Å². The van der Waals surface area contributed by atoms with E-state index in [0.29, 0.717) is 35.2 Å². The van der Waals surface area contributed by atoms with Crippen LogP contribution in [0.3, 0.4) is 0 Å². The van der Waals surface area contributed by atoms with E-state index in [-0.39, 0.29) is 0 Å². The molecule has 9 nitrogen and oxygen atoms in total. The smallest absolute Gasteiger partial charge is 0.277 e. The number of aliphatic imine (C=N–C) groups is 1. The second-order valence-corrected chi connectivity index (χ2v) is 8.21. The fraction of sp³-hybridized carbons (Fsp3) is 0.292. The van der Waals surface area contributed by atoms with Gasteiger partial charge in [-0.1, -0.05) is 11.6 Å². The Morgan fingerprint density at radius 3 is 2.47 bits per heavy atom. The van der Waals surface area contributed by atoms with Crippen LogP contribution in [0, 0.1) is 0 Å². The number of anilines is 1. The molecule has 10 heteroatoms. The van der Waals surface area contributed by atoms with E-state index < -0.39 is 12.1 Å². The highest BCUT2D eigenvalue weighted by Gasteiger charge is 2.24. The summed E-state index contributed by atoms with van der Waals surface area (Å²) >= 11 is 6.11. The fourth-order valence-corrected chi connectivity index (χ4v) is 4.14. The van der Waals surface area contributed by atoms with Crippen molar-refractivity contribution in [1.82, 2.24) is 15.4 Å². The highest BCUT2D eigenvalue weighted by atomic mass is 35.5. The van der Waals surface area contributed by atoms with Gasteiger partial charge in [-0.3, -0.25) is 14.7 Å². The number of amides is 1. The minimum absolute atomic E-state index is 0.332. The first-order valence-corrected chi connectivity index (χ1v) is 11.1. The van der Waals surface area contributed by atoms with Crippen molar-refractivity contribution in [3.8, 4) is 11.5 Å². The molecule has 3 aromatic rings. The van der Waals surface area contributed by atoms with Crippen LogP contribution < -0.4 is 19.9 Å². The third kappa shape index (κ3) is 5.28. The monoisotopic (exact) mass is 483 g/mol. The molecule has 0 bridgehead atoms. The number of nitrogens with one attached hydrogen (secondary N) is 1. The van der Waals surface area contributed by atoms with E-state index in [1.807, 2.05) is 29.2 Å². The molecule has 0 aliphatic carbocycles. The fourth-order valence-electron chi connectivity index (χ4n) is 3.98. The largest absolute Gasteiger partial charge is 0.497 e. The Hall–Kier alpha value is -3.24. The predicted octanol–water partition coefficient (Wildman–Crippen LogP) is 3.24. The molecule has 1 amide bonds. The Kier molecular flexibility index (Phi) is 7.59. The molecule has 4 rings (SSSR count). The number of nitrogens with zero attached hydrogens (tertiary/aromatic N) is 4. The summed E-state index contributed by atoms with van der Waals surface area (Å²) in [6.07, 6.45) is 2.59. The number of hydrogen-bond acceptors (Lipinski definition) is 8. The van der Waals surface area contributed by atoms with Crippen LogP contribution >= 0.6 is 11.6 Å². The third-order valence-electron chi connectivity index (χ3n) is 5.79. The van der Waals surface area contributed by atoms with Crippen molar-refractivity contribution < 1.29 is 19.5 Å². The quantitative estimate of drug-likeness (QED) is 0.390. The summed E-state index contributed by atoms with van der Waals surface area (Å²) in [5, 5.41) is 11.4. The number of halogens is 1. The molecule has 1 saturated heterocycles. The average Bonchev–Trinajstić information content (AvgIpc) is 2.88. The Balaban J connectivity index is 1.43. The van der Waals surface area contributed by atoms with E-state index in [1.165, 1.54) is 20.4 Å². The molecule has 178 valence electrons. The summed E-state index contributed by atoms with van der Waals surface area (Å²) in [5.41, 5.74) is 4.52. The van der Waals surface area contributed by atoms with Crippen LogP contribution in [0.25, 0.3) is 10.9 Å². The molecule has 2 heterocycles. The molecular weight excluding hydrogens is 458 g/mol. The summed E-state index contributed by atoms with van der Waals surface area (Å²) < 4.78 is 10.4. The maximum atomic E-state index is 12.6. The van der Waals surface area contributed by atoms with Crippen LogP contribution in [0.15, 0.2) is 53.7 Å². The SMILES string of the molecule is COc1cc(OC)cc(C(=O)/N=C\C(NO)N2CCN(c3ccnc4cc(Cl)ccc34)CC2)c1. The van der Waals surface area contributed by atoms with Gasteiger partial charge in [-0.15, -0.1) is 0 Å². The molecule has 0 radical (unpaired) electrons. The number of piperazine rings is 1. The van der Waals surface area contributed by atoms with E-state index >= 15 is 0 Å². The normalized spacial score (nSPS) is 15.6. The Morgan fingerprint density at radius 2 is 1.82 bits per heavy atom. The second-order valence-electron chi connectivity index (χ2n) is 7.77. The molecule has 0 spiro atoms. The molecule has 34 heavy (non-hydrogen) atoms. The van der Waals surface area contributed by atoms with E-state index in [4.69, 9.17) is 21.1 Å². The van der Waals surface area contributed by atoms with Crippen molar-refractivity contribution in [2.75, 3.05) is 45.3 Å². The number of rotatable bonds is 7. The zero-order valence-corrected chi connectivity index (χ0v) is 19.7. The highest BCUT2D eigenvalue weighted by Crippen LogP contribution is 2.28. The number of pyridine rings is 1. The standard InChI is InChI=1S/C24H26ClN5O4/c1-33-18-11-16(12-19(14-18)34-2)24(31)27-15-23(28-32)30-9-7-29(8-10-30)22-5-6-26-21-13-17(25)3-4-20(21)22/h3-6,11-15,23,28,32H,7-10H2,1-2H3/b27-15-. The number of carbonyl (C=O) groups excluding carboxylic acids is 1. The molecule has 0 saturated carbocycles. The van der Waals surface area contributed by atoms with Gasteiger partial charge in [0.2, 0.25) is 0 Å². The Labute approximate surface area is 202 Å². The number of benzene rings is 2. The molecular formula is C24H26ClN5O4. The first-order valence-electron chi connectivity index (χ1n) is 10.8. The molecule has 1 aliphatic rings. The lowest BCUT2D eigenvalue weighted by Crippen LogP contribution is -2.55. The van der Waals surface area contributed by atoms with Crippen molar-refractivity contribution in [3.63, 3.8) is 0 Å². The van der Waals surface area contributed by atoms with Crippen molar-refractivity contribution in [1.29, 1.82) is 0 Å². The Morgan fingerprint density at radius 1 is 1.12 bits per heavy atom. The van der Waals surface area contributed by atoms with Gasteiger partial charge in [-0.25, -0.2) is 4.99 Å². The topological polar surface area (TPSA) is 99.5 Å². The number of ether oxygens (including phenoxy) is 2. The van der Waals surface area contributed by atoms with Gasteiger partial charge in [0, 0.05) is 66.3 Å². The van der Waals surface area contributed by atoms with Crippen LogP contribution in [0.5, 0.6) is 11.5 Å². The summed E-state index contributed by atoms with van der Waals surface area (Å²) in [6, 6.07) is 12.6. The summed E-state index contributed by atoms with van der Waals surface area (Å²) in [4.78, 5) is 25.4. The third-order valence-corrected chi connectivity index (χ3v) is 6.03. The molecule has 2 aromatic carbocycles. The van der Waals surface area contributed by atoms with Gasteiger partial charge in [0.05, 0.1) is 19.7 Å². The number of aromatic nitrogens is 1. The molecule has 1 atom stereocenters. The van der Waals surface area contributed by atoms with Crippen molar-refractivity contribution >= 4 is 40.3 Å². The van der Waals surface area contributed by atoms with Crippen LogP contribution in [-0.4, -0.2) is 73.8 Å².